The second-order valence-electron chi connectivity index (χ2n) is 12.9. The number of allylic oxidation sites excluding steroid dienone is 4. The maximum absolute atomic E-state index is 2.37. The Hall–Kier alpha value is -6.38. The fourth-order valence-electron chi connectivity index (χ4n) is 7.32. The molecule has 1 heterocycles. The predicted octanol–water partition coefficient (Wildman–Crippen LogP) is 13.3. The summed E-state index contributed by atoms with van der Waals surface area (Å²) in [5.41, 5.74) is 14.3. The van der Waals surface area contributed by atoms with Crippen LogP contribution in [0.1, 0.15) is 18.4 Å². The number of benzene rings is 7. The molecule has 0 atom stereocenters. The van der Waals surface area contributed by atoms with Crippen LogP contribution in [-0.4, -0.2) is 4.57 Å². The summed E-state index contributed by atoms with van der Waals surface area (Å²) in [5.74, 6) is 0. The van der Waals surface area contributed by atoms with E-state index in [-0.39, 0.29) is 0 Å². The van der Waals surface area contributed by atoms with Gasteiger partial charge >= 0.3 is 0 Å². The van der Waals surface area contributed by atoms with E-state index in [1.54, 1.807) is 0 Å². The van der Waals surface area contributed by atoms with Crippen LogP contribution < -0.4 is 4.90 Å². The lowest BCUT2D eigenvalue weighted by molar-refractivity contribution is 1.04. The Morgan fingerprint density at radius 3 is 1.32 bits per heavy atom. The topological polar surface area (TPSA) is 8.17 Å². The monoisotopic (exact) mass is 640 g/mol. The summed E-state index contributed by atoms with van der Waals surface area (Å²) in [5, 5.41) is 2.55. The minimum atomic E-state index is 1.10. The Morgan fingerprint density at radius 1 is 0.380 bits per heavy atom. The Labute approximate surface area is 293 Å². The van der Waals surface area contributed by atoms with Crippen molar-refractivity contribution < 1.29 is 0 Å². The quantitative estimate of drug-likeness (QED) is 0.168. The number of hydrogen-bond acceptors (Lipinski definition) is 1. The lowest BCUT2D eigenvalue weighted by atomic mass is 9.99. The molecule has 9 rings (SSSR count). The van der Waals surface area contributed by atoms with Gasteiger partial charge < -0.3 is 9.47 Å². The predicted molar refractivity (Wildman–Crippen MR) is 213 cm³/mol. The molecule has 50 heavy (non-hydrogen) atoms. The molecule has 2 heteroatoms. The van der Waals surface area contributed by atoms with Gasteiger partial charge in [-0.3, -0.25) is 0 Å². The molecule has 0 fully saturated rings. The highest BCUT2D eigenvalue weighted by atomic mass is 15.1. The van der Waals surface area contributed by atoms with Gasteiger partial charge in [0, 0.05) is 33.5 Å². The number of anilines is 3. The third kappa shape index (κ3) is 5.51. The Kier molecular flexibility index (Phi) is 7.68. The lowest BCUT2D eigenvalue weighted by Crippen LogP contribution is -2.10. The molecule has 0 spiro atoms. The van der Waals surface area contributed by atoms with Crippen LogP contribution in [0.2, 0.25) is 0 Å². The first kappa shape index (κ1) is 29.7. The highest BCUT2D eigenvalue weighted by molar-refractivity contribution is 6.09. The first-order valence-electron chi connectivity index (χ1n) is 17.4. The molecule has 0 amide bonds. The SMILES string of the molecule is C1=CC(c2ccc(N(c3ccc(-c4ccccc4)cc3)c3ccc(-c4ccc(-n5c6ccccc6c6ccccc65)cc4)cc3)cc2)=CCC1. The fourth-order valence-corrected chi connectivity index (χ4v) is 7.32. The van der Waals surface area contributed by atoms with Crippen LogP contribution in [-0.2, 0) is 0 Å². The smallest absolute Gasteiger partial charge is 0.0541 e. The highest BCUT2D eigenvalue weighted by Gasteiger charge is 2.15. The van der Waals surface area contributed by atoms with Gasteiger partial charge in [0.2, 0.25) is 0 Å². The summed E-state index contributed by atoms with van der Waals surface area (Å²) in [6, 6.07) is 63.7. The third-order valence-electron chi connectivity index (χ3n) is 9.85. The van der Waals surface area contributed by atoms with Crippen molar-refractivity contribution in [2.75, 3.05) is 4.90 Å². The summed E-state index contributed by atoms with van der Waals surface area (Å²) in [6.07, 6.45) is 9.07. The standard InChI is InChI=1S/C48H36N2/c1-3-11-35(12-4-1)37-19-27-41(28-20-37)49(42-29-21-38(22-30-42)36-13-5-2-6-14-36)43-31-23-39(24-32-43)40-25-33-44(34-26-40)50-47-17-9-7-15-45(47)46-16-8-10-18-48(46)50/h1,3-5,7-34H,2,6H2. The Morgan fingerprint density at radius 2 is 0.820 bits per heavy atom. The molecule has 7 aromatic carbocycles. The van der Waals surface area contributed by atoms with Gasteiger partial charge in [0.25, 0.3) is 0 Å². The van der Waals surface area contributed by atoms with Gasteiger partial charge in [0.1, 0.15) is 0 Å². The normalized spacial score (nSPS) is 12.7. The van der Waals surface area contributed by atoms with Gasteiger partial charge in [0.15, 0.2) is 0 Å². The van der Waals surface area contributed by atoms with Crippen molar-refractivity contribution in [3.63, 3.8) is 0 Å². The zero-order chi connectivity index (χ0) is 33.3. The van der Waals surface area contributed by atoms with Crippen LogP contribution in [0.4, 0.5) is 17.1 Å². The second-order valence-corrected chi connectivity index (χ2v) is 12.9. The van der Waals surface area contributed by atoms with E-state index in [0.717, 1.165) is 35.6 Å². The Bertz CT molecular complexity index is 2430. The molecule has 2 nitrogen and oxygen atoms in total. The molecule has 1 aromatic heterocycles. The van der Waals surface area contributed by atoms with Gasteiger partial charge in [-0.2, -0.15) is 0 Å². The van der Waals surface area contributed by atoms with E-state index in [9.17, 15) is 0 Å². The number of aromatic nitrogens is 1. The van der Waals surface area contributed by atoms with Crippen LogP contribution in [0.5, 0.6) is 0 Å². The number of fused-ring (bicyclic) bond motifs is 3. The molecule has 1 aliphatic rings. The van der Waals surface area contributed by atoms with Gasteiger partial charge in [0.05, 0.1) is 11.0 Å². The van der Waals surface area contributed by atoms with Gasteiger partial charge in [-0.05, 0) is 107 Å². The van der Waals surface area contributed by atoms with Crippen molar-refractivity contribution in [3.05, 3.63) is 200 Å². The van der Waals surface area contributed by atoms with Gasteiger partial charge in [-0.15, -0.1) is 0 Å². The molecular formula is C48H36N2. The first-order chi connectivity index (χ1) is 24.8. The number of hydrogen-bond donors (Lipinski definition) is 0. The number of nitrogens with zero attached hydrogens (tertiary/aromatic N) is 2. The summed E-state index contributed by atoms with van der Waals surface area (Å²) < 4.78 is 2.37. The lowest BCUT2D eigenvalue weighted by Gasteiger charge is -2.26. The maximum Gasteiger partial charge on any atom is 0.0541 e. The van der Waals surface area contributed by atoms with E-state index >= 15 is 0 Å². The van der Waals surface area contributed by atoms with Crippen LogP contribution in [0.3, 0.4) is 0 Å². The van der Waals surface area contributed by atoms with Crippen molar-refractivity contribution in [2.24, 2.45) is 0 Å². The first-order valence-corrected chi connectivity index (χ1v) is 17.4. The summed E-state index contributed by atoms with van der Waals surface area (Å²) in [4.78, 5) is 2.35. The van der Waals surface area contributed by atoms with Gasteiger partial charge in [-0.25, -0.2) is 0 Å². The van der Waals surface area contributed by atoms with Crippen molar-refractivity contribution in [1.82, 2.24) is 4.57 Å². The summed E-state index contributed by atoms with van der Waals surface area (Å²) in [7, 11) is 0. The largest absolute Gasteiger partial charge is 0.311 e. The molecule has 0 saturated carbocycles. The molecule has 0 unspecified atom stereocenters. The molecule has 0 aliphatic heterocycles. The molecule has 8 aromatic rings. The van der Waals surface area contributed by atoms with Crippen molar-refractivity contribution in [2.45, 2.75) is 12.8 Å². The van der Waals surface area contributed by atoms with Crippen LogP contribution in [0.25, 0.3) is 55.3 Å². The minimum absolute atomic E-state index is 1.10. The van der Waals surface area contributed by atoms with E-state index in [2.05, 4.69) is 204 Å². The molecule has 0 saturated heterocycles. The average molecular weight is 641 g/mol. The maximum atomic E-state index is 2.37. The molecule has 238 valence electrons. The molecular weight excluding hydrogens is 605 g/mol. The number of rotatable bonds is 7. The zero-order valence-corrected chi connectivity index (χ0v) is 27.8. The molecule has 0 radical (unpaired) electrons. The minimum Gasteiger partial charge on any atom is -0.311 e. The average Bonchev–Trinajstić information content (AvgIpc) is 3.54. The molecule has 0 bridgehead atoms. The van der Waals surface area contributed by atoms with E-state index in [1.807, 2.05) is 0 Å². The summed E-state index contributed by atoms with van der Waals surface area (Å²) >= 11 is 0. The molecule has 1 aliphatic carbocycles. The Balaban J connectivity index is 1.05. The van der Waals surface area contributed by atoms with E-state index in [1.165, 1.54) is 55.2 Å². The van der Waals surface area contributed by atoms with Crippen molar-refractivity contribution in [3.8, 4) is 27.9 Å². The fraction of sp³-hybridized carbons (Fsp3) is 0.0417. The zero-order valence-electron chi connectivity index (χ0n) is 27.8. The highest BCUT2D eigenvalue weighted by Crippen LogP contribution is 2.38. The third-order valence-corrected chi connectivity index (χ3v) is 9.85. The van der Waals surface area contributed by atoms with Crippen LogP contribution >= 0.6 is 0 Å². The molecule has 0 N–H and O–H groups in total. The van der Waals surface area contributed by atoms with E-state index in [4.69, 9.17) is 0 Å². The van der Waals surface area contributed by atoms with Crippen LogP contribution in [0, 0.1) is 0 Å². The van der Waals surface area contributed by atoms with Crippen molar-refractivity contribution >= 4 is 44.4 Å². The summed E-state index contributed by atoms with van der Waals surface area (Å²) in [6.45, 7) is 0. The second kappa shape index (κ2) is 12.9. The van der Waals surface area contributed by atoms with Crippen molar-refractivity contribution in [1.29, 1.82) is 0 Å². The van der Waals surface area contributed by atoms with E-state index in [0.29, 0.717) is 0 Å². The number of para-hydroxylation sites is 2. The van der Waals surface area contributed by atoms with Gasteiger partial charge in [-0.1, -0.05) is 133 Å². The van der Waals surface area contributed by atoms with Crippen LogP contribution in [0.15, 0.2) is 194 Å². The van der Waals surface area contributed by atoms with E-state index < -0.39 is 0 Å².